The minimum Gasteiger partial charge on any atom is -0.373 e. The van der Waals surface area contributed by atoms with Crippen molar-refractivity contribution in [3.05, 3.63) is 0 Å². The fraction of sp³-hybridized carbons (Fsp3) is 1.00. The molecule has 1 fully saturated rings. The van der Waals surface area contributed by atoms with E-state index in [1.54, 1.807) is 6.92 Å². The third-order valence-corrected chi connectivity index (χ3v) is 3.73. The van der Waals surface area contributed by atoms with Gasteiger partial charge in [-0.15, -0.1) is 0 Å². The van der Waals surface area contributed by atoms with E-state index >= 15 is 0 Å². The molecule has 0 aromatic rings. The van der Waals surface area contributed by atoms with Gasteiger partial charge in [0.1, 0.15) is 5.72 Å². The van der Waals surface area contributed by atoms with Crippen LogP contribution in [0, 0.1) is 11.3 Å². The summed E-state index contributed by atoms with van der Waals surface area (Å²) in [5.41, 5.74) is -1.37. The Labute approximate surface area is 74.0 Å². The molecule has 0 aromatic heterocycles. The van der Waals surface area contributed by atoms with E-state index in [9.17, 15) is 10.3 Å². The number of piperidine rings is 1. The first-order valence-electron chi connectivity index (χ1n) is 4.49. The smallest absolute Gasteiger partial charge is 0.142 e. The molecule has 0 aromatic carbocycles. The van der Waals surface area contributed by atoms with Gasteiger partial charge in [-0.05, 0) is 19.3 Å². The molecule has 3 nitrogen and oxygen atoms in total. The van der Waals surface area contributed by atoms with Crippen LogP contribution in [0.25, 0.3) is 0 Å². The van der Waals surface area contributed by atoms with Crippen molar-refractivity contribution in [1.82, 2.24) is 5.06 Å². The Balaban J connectivity index is 2.92. The van der Waals surface area contributed by atoms with Gasteiger partial charge in [-0.3, -0.25) is 0 Å². The van der Waals surface area contributed by atoms with Crippen LogP contribution in [0.1, 0.15) is 34.1 Å². The van der Waals surface area contributed by atoms with Gasteiger partial charge >= 0.3 is 0 Å². The van der Waals surface area contributed by atoms with Crippen LogP contribution in [-0.2, 0) is 0 Å². The summed E-state index contributed by atoms with van der Waals surface area (Å²) in [5, 5.41) is 20.5. The molecule has 2 unspecified atom stereocenters. The number of hydrogen-bond acceptors (Lipinski definition) is 3. The monoisotopic (exact) mass is 173 g/mol. The summed E-state index contributed by atoms with van der Waals surface area (Å²) in [6.07, 6.45) is 0.930. The zero-order chi connectivity index (χ0) is 9.57. The summed E-state index contributed by atoms with van der Waals surface area (Å²) in [4.78, 5) is 0. The minimum absolute atomic E-state index is 0.264. The maximum Gasteiger partial charge on any atom is 0.142 e. The van der Waals surface area contributed by atoms with E-state index in [0.29, 0.717) is 12.5 Å². The predicted molar refractivity (Wildman–Crippen MR) is 46.7 cm³/mol. The molecule has 0 aliphatic carbocycles. The molecule has 1 aliphatic rings. The van der Waals surface area contributed by atoms with Crippen LogP contribution in [0.5, 0.6) is 0 Å². The third kappa shape index (κ3) is 1.16. The molecule has 12 heavy (non-hydrogen) atoms. The number of hydroxylamine groups is 2. The van der Waals surface area contributed by atoms with Crippen molar-refractivity contribution in [1.29, 1.82) is 0 Å². The Morgan fingerprint density at radius 1 is 1.33 bits per heavy atom. The zero-order valence-corrected chi connectivity index (χ0v) is 8.33. The molecule has 2 atom stereocenters. The lowest BCUT2D eigenvalue weighted by Gasteiger charge is -2.52. The molecule has 1 aliphatic heterocycles. The summed E-state index contributed by atoms with van der Waals surface area (Å²) in [7, 11) is 0. The van der Waals surface area contributed by atoms with Crippen molar-refractivity contribution >= 4 is 0 Å². The van der Waals surface area contributed by atoms with Crippen LogP contribution in [-0.4, -0.2) is 27.6 Å². The van der Waals surface area contributed by atoms with Crippen LogP contribution < -0.4 is 0 Å². The van der Waals surface area contributed by atoms with Gasteiger partial charge in [-0.25, -0.2) is 0 Å². The molecule has 2 N–H and O–H groups in total. The molecule has 1 heterocycles. The highest BCUT2D eigenvalue weighted by Gasteiger charge is 2.50. The molecular formula is C9H19NO2. The van der Waals surface area contributed by atoms with Gasteiger partial charge < -0.3 is 10.3 Å². The van der Waals surface area contributed by atoms with E-state index in [2.05, 4.69) is 6.92 Å². The average molecular weight is 173 g/mol. The highest BCUT2D eigenvalue weighted by Crippen LogP contribution is 2.44. The second kappa shape index (κ2) is 2.69. The van der Waals surface area contributed by atoms with Crippen molar-refractivity contribution in [2.24, 2.45) is 11.3 Å². The minimum atomic E-state index is -1.11. The van der Waals surface area contributed by atoms with E-state index in [-0.39, 0.29) is 5.41 Å². The summed E-state index contributed by atoms with van der Waals surface area (Å²) in [5.74, 6) is 0.427. The van der Waals surface area contributed by atoms with E-state index in [4.69, 9.17) is 0 Å². The highest BCUT2D eigenvalue weighted by atomic mass is 16.5. The Morgan fingerprint density at radius 2 is 1.83 bits per heavy atom. The molecule has 1 rings (SSSR count). The number of nitrogens with zero attached hydrogens (tertiary/aromatic N) is 1. The SMILES string of the molecule is CC1CCN(O)C(C)(O)C1(C)C. The van der Waals surface area contributed by atoms with Gasteiger partial charge in [0.2, 0.25) is 0 Å². The molecular weight excluding hydrogens is 154 g/mol. The maximum atomic E-state index is 10.0. The zero-order valence-electron chi connectivity index (χ0n) is 8.33. The third-order valence-electron chi connectivity index (χ3n) is 3.73. The van der Waals surface area contributed by atoms with Crippen molar-refractivity contribution in [3.63, 3.8) is 0 Å². The van der Waals surface area contributed by atoms with Crippen molar-refractivity contribution in [2.45, 2.75) is 39.8 Å². The maximum absolute atomic E-state index is 10.0. The van der Waals surface area contributed by atoms with E-state index < -0.39 is 5.72 Å². The second-order valence-corrected chi connectivity index (χ2v) is 4.56. The molecule has 72 valence electrons. The summed E-state index contributed by atoms with van der Waals surface area (Å²) < 4.78 is 0. The first kappa shape index (κ1) is 9.96. The summed E-state index contributed by atoms with van der Waals surface area (Å²) >= 11 is 0. The number of hydrogen-bond donors (Lipinski definition) is 2. The van der Waals surface area contributed by atoms with E-state index in [1.165, 1.54) is 0 Å². The first-order valence-corrected chi connectivity index (χ1v) is 4.49. The van der Waals surface area contributed by atoms with Crippen LogP contribution in [0.15, 0.2) is 0 Å². The lowest BCUT2D eigenvalue weighted by molar-refractivity contribution is -0.323. The van der Waals surface area contributed by atoms with Gasteiger partial charge in [0.25, 0.3) is 0 Å². The van der Waals surface area contributed by atoms with Gasteiger partial charge in [-0.2, -0.15) is 5.06 Å². The molecule has 0 saturated carbocycles. The first-order chi connectivity index (χ1) is 5.30. The molecule has 0 radical (unpaired) electrons. The van der Waals surface area contributed by atoms with Crippen LogP contribution in [0.3, 0.4) is 0 Å². The molecule has 0 bridgehead atoms. The number of aliphatic hydroxyl groups is 1. The van der Waals surface area contributed by atoms with Crippen molar-refractivity contribution in [3.8, 4) is 0 Å². The summed E-state index contributed by atoms with van der Waals surface area (Å²) in [6.45, 7) is 8.31. The second-order valence-electron chi connectivity index (χ2n) is 4.56. The molecule has 3 heteroatoms. The van der Waals surface area contributed by atoms with Gasteiger partial charge in [0, 0.05) is 12.0 Å². The Bertz CT molecular complexity index is 157. The fourth-order valence-electron chi connectivity index (χ4n) is 1.69. The standard InChI is InChI=1S/C9H19NO2/c1-7-5-6-10(12)9(4,11)8(7,2)3/h7,11-12H,5-6H2,1-4H3. The summed E-state index contributed by atoms with van der Waals surface area (Å²) in [6, 6.07) is 0. The largest absolute Gasteiger partial charge is 0.373 e. The molecule has 0 amide bonds. The van der Waals surface area contributed by atoms with Gasteiger partial charge in [0.15, 0.2) is 0 Å². The van der Waals surface area contributed by atoms with Crippen LogP contribution in [0.2, 0.25) is 0 Å². The van der Waals surface area contributed by atoms with Crippen molar-refractivity contribution in [2.75, 3.05) is 6.54 Å². The molecule has 1 saturated heterocycles. The normalized spacial score (nSPS) is 43.0. The Morgan fingerprint density at radius 3 is 2.25 bits per heavy atom. The van der Waals surface area contributed by atoms with Crippen LogP contribution >= 0.6 is 0 Å². The highest BCUT2D eigenvalue weighted by molar-refractivity contribution is 4.94. The Kier molecular flexibility index (Phi) is 2.23. The van der Waals surface area contributed by atoms with Gasteiger partial charge in [-0.1, -0.05) is 20.8 Å². The topological polar surface area (TPSA) is 43.7 Å². The van der Waals surface area contributed by atoms with Gasteiger partial charge in [0.05, 0.1) is 0 Å². The Hall–Kier alpha value is -0.120. The van der Waals surface area contributed by atoms with Crippen molar-refractivity contribution < 1.29 is 10.3 Å². The van der Waals surface area contributed by atoms with E-state index in [1.807, 2.05) is 13.8 Å². The lowest BCUT2D eigenvalue weighted by atomic mass is 9.68. The quantitative estimate of drug-likeness (QED) is 0.582. The number of rotatable bonds is 0. The van der Waals surface area contributed by atoms with E-state index in [0.717, 1.165) is 11.5 Å². The lowest BCUT2D eigenvalue weighted by Crippen LogP contribution is -2.61. The predicted octanol–water partition coefficient (Wildman–Crippen LogP) is 1.45. The van der Waals surface area contributed by atoms with Crippen LogP contribution in [0.4, 0.5) is 0 Å². The molecule has 0 spiro atoms. The fourth-order valence-corrected chi connectivity index (χ4v) is 1.69. The average Bonchev–Trinajstić information content (AvgIpc) is 1.96.